The van der Waals surface area contributed by atoms with Crippen LogP contribution < -0.4 is 5.56 Å². The van der Waals surface area contributed by atoms with Gasteiger partial charge >= 0.3 is 5.97 Å². The summed E-state index contributed by atoms with van der Waals surface area (Å²) in [6, 6.07) is 1.44. The number of hydrogen-bond donors (Lipinski definition) is 2. The molecule has 5 nitrogen and oxygen atoms in total. The molecule has 0 atom stereocenters. The van der Waals surface area contributed by atoms with Gasteiger partial charge in [-0.15, -0.1) is 0 Å². The lowest BCUT2D eigenvalue weighted by Crippen LogP contribution is -2.11. The Bertz CT molecular complexity index is 445. The zero-order valence-electron chi connectivity index (χ0n) is 9.60. The maximum Gasteiger partial charge on any atom is 0.313 e. The van der Waals surface area contributed by atoms with Crippen molar-refractivity contribution in [3.8, 4) is 0 Å². The minimum atomic E-state index is -0.931. The maximum absolute atomic E-state index is 11.3. The van der Waals surface area contributed by atoms with Crippen molar-refractivity contribution >= 4 is 29.5 Å². The van der Waals surface area contributed by atoms with Gasteiger partial charge in [-0.1, -0.05) is 25.6 Å². The van der Waals surface area contributed by atoms with E-state index in [2.05, 4.69) is 23.8 Å². The van der Waals surface area contributed by atoms with Crippen molar-refractivity contribution < 1.29 is 9.90 Å². The molecule has 17 heavy (non-hydrogen) atoms. The Morgan fingerprint density at radius 1 is 1.59 bits per heavy atom. The van der Waals surface area contributed by atoms with Crippen LogP contribution in [0.25, 0.3) is 0 Å². The molecule has 0 radical (unpaired) electrons. The van der Waals surface area contributed by atoms with Crippen LogP contribution in [0.2, 0.25) is 0 Å². The highest BCUT2D eigenvalue weighted by Gasteiger charge is 2.05. The molecule has 1 aromatic rings. The number of nitrogens with zero attached hydrogens (tertiary/aromatic N) is 1. The molecule has 7 heteroatoms. The van der Waals surface area contributed by atoms with E-state index in [1.807, 2.05) is 0 Å². The van der Waals surface area contributed by atoms with Crippen LogP contribution >= 0.6 is 23.5 Å². The van der Waals surface area contributed by atoms with Crippen molar-refractivity contribution in [3.05, 3.63) is 22.1 Å². The van der Waals surface area contributed by atoms with Crippen molar-refractivity contribution in [3.63, 3.8) is 0 Å². The van der Waals surface area contributed by atoms with Crippen molar-refractivity contribution in [1.82, 2.24) is 9.97 Å². The van der Waals surface area contributed by atoms with Gasteiger partial charge in [0.2, 0.25) is 0 Å². The van der Waals surface area contributed by atoms with Crippen LogP contribution in [0.15, 0.2) is 16.0 Å². The molecule has 0 saturated heterocycles. The molecule has 1 aromatic heterocycles. The largest absolute Gasteiger partial charge is 0.481 e. The monoisotopic (exact) mass is 274 g/mol. The summed E-state index contributed by atoms with van der Waals surface area (Å²) < 4.78 is 0. The highest BCUT2D eigenvalue weighted by Crippen LogP contribution is 2.17. The zero-order chi connectivity index (χ0) is 12.8. The van der Waals surface area contributed by atoms with Crippen LogP contribution in [-0.2, 0) is 10.5 Å². The third kappa shape index (κ3) is 5.78. The number of nitrogens with one attached hydrogen (secondary N) is 1. The van der Waals surface area contributed by atoms with E-state index in [0.717, 1.165) is 11.8 Å². The highest BCUT2D eigenvalue weighted by molar-refractivity contribution is 7.99. The van der Waals surface area contributed by atoms with Crippen LogP contribution in [0.3, 0.4) is 0 Å². The molecule has 0 aromatic carbocycles. The first-order valence-electron chi connectivity index (χ1n) is 5.04. The number of carbonyl (C=O) groups is 1. The summed E-state index contributed by atoms with van der Waals surface area (Å²) in [6.07, 6.45) is 0. The van der Waals surface area contributed by atoms with E-state index in [-0.39, 0.29) is 11.3 Å². The van der Waals surface area contributed by atoms with Gasteiger partial charge < -0.3 is 10.1 Å². The van der Waals surface area contributed by atoms with Crippen molar-refractivity contribution in [2.75, 3.05) is 5.75 Å². The fraction of sp³-hybridized carbons (Fsp3) is 0.500. The highest BCUT2D eigenvalue weighted by atomic mass is 32.2. The summed E-state index contributed by atoms with van der Waals surface area (Å²) >= 11 is 2.70. The second-order valence-corrected chi connectivity index (χ2v) is 6.11. The third-order valence-corrected chi connectivity index (χ3v) is 3.66. The second-order valence-electron chi connectivity index (χ2n) is 3.58. The zero-order valence-corrected chi connectivity index (χ0v) is 11.2. The van der Waals surface area contributed by atoms with Crippen LogP contribution in [0.5, 0.6) is 0 Å². The molecule has 1 rings (SSSR count). The Balaban J connectivity index is 2.72. The molecule has 0 bridgehead atoms. The van der Waals surface area contributed by atoms with E-state index in [1.54, 1.807) is 11.8 Å². The number of hydrogen-bond acceptors (Lipinski definition) is 5. The van der Waals surface area contributed by atoms with E-state index < -0.39 is 5.97 Å². The lowest BCUT2D eigenvalue weighted by Gasteiger charge is -2.05. The van der Waals surface area contributed by atoms with E-state index in [9.17, 15) is 9.59 Å². The fourth-order valence-corrected chi connectivity index (χ4v) is 2.27. The topological polar surface area (TPSA) is 83.0 Å². The molecular formula is C10H14N2O3S2. The molecule has 2 N–H and O–H groups in total. The number of aromatic nitrogens is 2. The van der Waals surface area contributed by atoms with E-state index >= 15 is 0 Å². The Morgan fingerprint density at radius 3 is 2.88 bits per heavy atom. The Hall–Kier alpha value is -0.950. The summed E-state index contributed by atoms with van der Waals surface area (Å²) in [5.74, 6) is -0.383. The number of aliphatic carboxylic acids is 1. The van der Waals surface area contributed by atoms with Crippen molar-refractivity contribution in [2.24, 2.45) is 0 Å². The first-order chi connectivity index (χ1) is 7.97. The standard InChI is InChI=1S/C10H14N2O3S2/c1-6(2)16-4-7-3-8(13)12-10(11-7)17-5-9(14)15/h3,6H,4-5H2,1-2H3,(H,14,15)(H,11,12,13). The molecule has 1 heterocycles. The molecule has 0 aliphatic heterocycles. The van der Waals surface area contributed by atoms with Gasteiger partial charge in [-0.3, -0.25) is 9.59 Å². The number of carboxylic acid groups (broad SMARTS) is 1. The van der Waals surface area contributed by atoms with E-state index in [1.165, 1.54) is 6.07 Å². The number of thioether (sulfide) groups is 2. The smallest absolute Gasteiger partial charge is 0.313 e. The van der Waals surface area contributed by atoms with Gasteiger partial charge in [0, 0.05) is 11.8 Å². The fourth-order valence-electron chi connectivity index (χ4n) is 1.01. The predicted octanol–water partition coefficient (Wildman–Crippen LogP) is 1.59. The van der Waals surface area contributed by atoms with Gasteiger partial charge in [-0.05, 0) is 5.25 Å². The molecular weight excluding hydrogens is 260 g/mol. The first kappa shape index (κ1) is 14.1. The maximum atomic E-state index is 11.3. The number of carboxylic acids is 1. The Kier molecular flexibility index (Phi) is 5.57. The lowest BCUT2D eigenvalue weighted by atomic mass is 10.4. The van der Waals surface area contributed by atoms with Gasteiger partial charge in [0.05, 0.1) is 11.4 Å². The van der Waals surface area contributed by atoms with Gasteiger partial charge in [-0.25, -0.2) is 4.98 Å². The number of rotatable bonds is 6. The SMILES string of the molecule is CC(C)SCc1cc(=O)[nH]c(SCC(=O)O)n1. The van der Waals surface area contributed by atoms with E-state index in [0.29, 0.717) is 21.9 Å². The van der Waals surface area contributed by atoms with Crippen LogP contribution in [0, 0.1) is 0 Å². The minimum absolute atomic E-state index is 0.107. The first-order valence-corrected chi connectivity index (χ1v) is 7.07. The number of H-pyrrole nitrogens is 1. The van der Waals surface area contributed by atoms with Crippen molar-refractivity contribution in [2.45, 2.75) is 30.0 Å². The summed E-state index contributed by atoms with van der Waals surface area (Å²) in [4.78, 5) is 28.5. The third-order valence-electron chi connectivity index (χ3n) is 1.67. The summed E-state index contributed by atoms with van der Waals surface area (Å²) in [5, 5.41) is 9.37. The molecule has 0 saturated carbocycles. The number of aromatic amines is 1. The van der Waals surface area contributed by atoms with Crippen LogP contribution in [0.1, 0.15) is 19.5 Å². The lowest BCUT2D eigenvalue weighted by molar-refractivity contribution is -0.133. The normalized spacial score (nSPS) is 10.8. The molecule has 94 valence electrons. The van der Waals surface area contributed by atoms with Gasteiger partial charge in [-0.2, -0.15) is 11.8 Å². The molecule has 0 aliphatic carbocycles. The van der Waals surface area contributed by atoms with E-state index in [4.69, 9.17) is 5.11 Å². The molecule has 0 unspecified atom stereocenters. The summed E-state index contributed by atoms with van der Waals surface area (Å²) in [5.41, 5.74) is 0.438. The molecule has 0 amide bonds. The van der Waals surface area contributed by atoms with Gasteiger partial charge in [0.15, 0.2) is 5.16 Å². The second kappa shape index (κ2) is 6.70. The predicted molar refractivity (Wildman–Crippen MR) is 69.6 cm³/mol. The summed E-state index contributed by atoms with van der Waals surface area (Å²) in [6.45, 7) is 4.13. The minimum Gasteiger partial charge on any atom is -0.481 e. The van der Waals surface area contributed by atoms with Gasteiger partial charge in [0.1, 0.15) is 0 Å². The van der Waals surface area contributed by atoms with Crippen LogP contribution in [-0.4, -0.2) is 32.0 Å². The average Bonchev–Trinajstić information content (AvgIpc) is 2.23. The average molecular weight is 274 g/mol. The molecule has 0 fully saturated rings. The van der Waals surface area contributed by atoms with Crippen LogP contribution in [0.4, 0.5) is 0 Å². The molecule has 0 aliphatic rings. The summed E-state index contributed by atoms with van der Waals surface area (Å²) in [7, 11) is 0. The van der Waals surface area contributed by atoms with Gasteiger partial charge in [0.25, 0.3) is 5.56 Å². The Morgan fingerprint density at radius 2 is 2.29 bits per heavy atom. The van der Waals surface area contributed by atoms with Crippen molar-refractivity contribution in [1.29, 1.82) is 0 Å². The quantitative estimate of drug-likeness (QED) is 0.605. The molecule has 0 spiro atoms. The Labute approximate surface area is 107 Å².